The molecule has 2 aliphatic heterocycles. The van der Waals surface area contributed by atoms with Crippen LogP contribution in [-0.2, 0) is 17.5 Å². The average Bonchev–Trinajstić information content (AvgIpc) is 3.19. The fraction of sp³-hybridized carbons (Fsp3) is 0.366. The van der Waals surface area contributed by atoms with Gasteiger partial charge in [-0.15, -0.1) is 0 Å². The summed E-state index contributed by atoms with van der Waals surface area (Å²) in [5.41, 5.74) is 5.35. The van der Waals surface area contributed by atoms with Crippen LogP contribution in [-0.4, -0.2) is 92.4 Å². The number of nitrogens with zero attached hydrogens (tertiary/aromatic N) is 4. The Labute approximate surface area is 314 Å². The second kappa shape index (κ2) is 19.2. The summed E-state index contributed by atoms with van der Waals surface area (Å²) in [6.07, 6.45) is 1.56. The van der Waals surface area contributed by atoms with E-state index in [0.29, 0.717) is 35.3 Å². The van der Waals surface area contributed by atoms with Crippen LogP contribution in [0.4, 0.5) is 24.5 Å². The molecule has 0 aliphatic carbocycles. The molecule has 2 fully saturated rings. The number of carbonyl (C=O) groups excluding carboxylic acids is 3. The summed E-state index contributed by atoms with van der Waals surface area (Å²) in [6, 6.07) is 22.0. The van der Waals surface area contributed by atoms with Crippen LogP contribution < -0.4 is 20.9 Å². The molecule has 3 aromatic carbocycles. The summed E-state index contributed by atoms with van der Waals surface area (Å²) in [5.74, 6) is -0.335. The van der Waals surface area contributed by atoms with Crippen LogP contribution in [0.25, 0.3) is 11.3 Å². The van der Waals surface area contributed by atoms with Crippen molar-refractivity contribution < 1.29 is 27.6 Å². The van der Waals surface area contributed by atoms with Gasteiger partial charge in [-0.25, -0.2) is 0 Å². The zero-order valence-corrected chi connectivity index (χ0v) is 30.8. The van der Waals surface area contributed by atoms with Crippen molar-refractivity contribution in [3.8, 4) is 11.3 Å². The van der Waals surface area contributed by atoms with E-state index in [-0.39, 0.29) is 18.4 Å². The minimum atomic E-state index is -4.34. The van der Waals surface area contributed by atoms with Gasteiger partial charge in [0.25, 0.3) is 11.8 Å². The maximum atomic E-state index is 13.4. The van der Waals surface area contributed by atoms with E-state index in [2.05, 4.69) is 42.9 Å². The van der Waals surface area contributed by atoms with Crippen molar-refractivity contribution in [1.82, 2.24) is 25.4 Å². The molecule has 0 unspecified atom stereocenters. The van der Waals surface area contributed by atoms with Gasteiger partial charge in [-0.05, 0) is 98.0 Å². The predicted octanol–water partition coefficient (Wildman–Crippen LogP) is 6.23. The monoisotopic (exact) mass is 743 g/mol. The normalized spacial score (nSPS) is 14.7. The van der Waals surface area contributed by atoms with Gasteiger partial charge in [0.1, 0.15) is 0 Å². The molecule has 0 radical (unpaired) electrons. The number of pyridine rings is 1. The third-order valence-electron chi connectivity index (χ3n) is 9.49. The van der Waals surface area contributed by atoms with Crippen molar-refractivity contribution >= 4 is 29.6 Å². The lowest BCUT2D eigenvalue weighted by atomic mass is 10.0. The van der Waals surface area contributed by atoms with E-state index in [1.807, 2.05) is 32.2 Å². The number of piperazine rings is 1. The number of halogens is 3. The lowest BCUT2D eigenvalue weighted by Crippen LogP contribution is -2.46. The molecule has 6 rings (SSSR count). The highest BCUT2D eigenvalue weighted by Crippen LogP contribution is 2.33. The molecule has 13 heteroatoms. The molecular formula is C41H48F3N7O3. The number of amides is 3. The first kappa shape index (κ1) is 39.9. The summed E-state index contributed by atoms with van der Waals surface area (Å²) >= 11 is 0. The van der Waals surface area contributed by atoms with Crippen molar-refractivity contribution in [2.75, 3.05) is 69.6 Å². The fourth-order valence-electron chi connectivity index (χ4n) is 6.44. The van der Waals surface area contributed by atoms with E-state index < -0.39 is 11.7 Å². The second-order valence-corrected chi connectivity index (χ2v) is 13.5. The van der Waals surface area contributed by atoms with Gasteiger partial charge in [-0.2, -0.15) is 13.2 Å². The van der Waals surface area contributed by atoms with Crippen LogP contribution in [0.1, 0.15) is 56.7 Å². The zero-order valence-electron chi connectivity index (χ0n) is 30.8. The molecule has 0 atom stereocenters. The molecule has 3 N–H and O–H groups in total. The Hall–Kier alpha value is -5.27. The molecule has 0 spiro atoms. The smallest absolute Gasteiger partial charge is 0.372 e. The van der Waals surface area contributed by atoms with Crippen LogP contribution in [0.3, 0.4) is 0 Å². The van der Waals surface area contributed by atoms with Crippen LogP contribution in [0.15, 0.2) is 85.1 Å². The molecule has 0 saturated carbocycles. The second-order valence-electron chi connectivity index (χ2n) is 13.5. The lowest BCUT2D eigenvalue weighted by Gasteiger charge is -2.29. The number of aryl methyl sites for hydroxylation is 1. The van der Waals surface area contributed by atoms with Gasteiger partial charge in [0, 0.05) is 94.5 Å². The van der Waals surface area contributed by atoms with Gasteiger partial charge < -0.3 is 25.8 Å². The van der Waals surface area contributed by atoms with Gasteiger partial charge in [0.15, 0.2) is 0 Å². The molecule has 4 aromatic rings. The van der Waals surface area contributed by atoms with Crippen LogP contribution in [0.5, 0.6) is 0 Å². The standard InChI is InChI=1S/C32H40N6O2.C9H8F3NO/c1-24-11-12-34-30(21-24)28-23-27(38-15-4-3-5-16-38)9-10-29(28)35-31(39)25-7-6-8-26(22-25)32(40)36(2)19-20-37-17-13-33-14-18-37;10-9(11,12)8-3-1-2-7(4-8)5-13-6-14/h6-12,21-23,33H,3-5,13-20H2,1-2H3,(H,35,39);1-4,6H,5H2,(H,13,14). The first-order chi connectivity index (χ1) is 26.0. The highest BCUT2D eigenvalue weighted by atomic mass is 19.4. The zero-order chi connectivity index (χ0) is 38.5. The minimum Gasteiger partial charge on any atom is -0.372 e. The summed E-state index contributed by atoms with van der Waals surface area (Å²) in [5, 5.41) is 8.75. The van der Waals surface area contributed by atoms with Crippen molar-refractivity contribution in [2.24, 2.45) is 0 Å². The summed E-state index contributed by atoms with van der Waals surface area (Å²) in [4.78, 5) is 47.7. The first-order valence-electron chi connectivity index (χ1n) is 18.3. The Morgan fingerprint density at radius 1 is 0.907 bits per heavy atom. The molecule has 1 aromatic heterocycles. The molecule has 54 heavy (non-hydrogen) atoms. The lowest BCUT2D eigenvalue weighted by molar-refractivity contribution is -0.137. The van der Waals surface area contributed by atoms with Crippen molar-refractivity contribution in [3.63, 3.8) is 0 Å². The van der Waals surface area contributed by atoms with E-state index >= 15 is 0 Å². The van der Waals surface area contributed by atoms with Crippen LogP contribution in [0.2, 0.25) is 0 Å². The number of alkyl halides is 3. The largest absolute Gasteiger partial charge is 0.416 e. The van der Waals surface area contributed by atoms with Gasteiger partial charge >= 0.3 is 6.18 Å². The van der Waals surface area contributed by atoms with Crippen LogP contribution in [0, 0.1) is 6.92 Å². The summed E-state index contributed by atoms with van der Waals surface area (Å²) in [7, 11) is 1.82. The third-order valence-corrected chi connectivity index (χ3v) is 9.49. The Bertz CT molecular complexity index is 1870. The molecule has 286 valence electrons. The number of hydrogen-bond donors (Lipinski definition) is 3. The van der Waals surface area contributed by atoms with Crippen molar-refractivity contribution in [2.45, 2.75) is 38.9 Å². The Balaban J connectivity index is 0.000000338. The molecule has 0 bridgehead atoms. The summed E-state index contributed by atoms with van der Waals surface area (Å²) in [6.45, 7) is 9.67. The quantitative estimate of drug-likeness (QED) is 0.157. The van der Waals surface area contributed by atoms with E-state index in [4.69, 9.17) is 0 Å². The predicted molar refractivity (Wildman–Crippen MR) is 205 cm³/mol. The number of piperidine rings is 1. The first-order valence-corrected chi connectivity index (χ1v) is 18.3. The number of rotatable bonds is 11. The Morgan fingerprint density at radius 2 is 1.65 bits per heavy atom. The molecule has 2 saturated heterocycles. The van der Waals surface area contributed by atoms with E-state index in [9.17, 15) is 27.6 Å². The van der Waals surface area contributed by atoms with E-state index in [1.54, 1.807) is 35.4 Å². The number of hydrogen-bond acceptors (Lipinski definition) is 7. The topological polar surface area (TPSA) is 110 Å². The van der Waals surface area contributed by atoms with Crippen molar-refractivity contribution in [3.05, 3.63) is 113 Å². The number of nitrogens with one attached hydrogen (secondary N) is 3. The number of carbonyl (C=O) groups is 3. The molecule has 3 amide bonds. The van der Waals surface area contributed by atoms with Gasteiger partial charge in [-0.1, -0.05) is 18.2 Å². The molecule has 10 nitrogen and oxygen atoms in total. The number of anilines is 2. The molecular weight excluding hydrogens is 695 g/mol. The van der Waals surface area contributed by atoms with Crippen LogP contribution >= 0.6 is 0 Å². The Kier molecular flexibility index (Phi) is 14.2. The average molecular weight is 744 g/mol. The highest BCUT2D eigenvalue weighted by Gasteiger charge is 2.30. The maximum Gasteiger partial charge on any atom is 0.416 e. The molecule has 2 aliphatic rings. The highest BCUT2D eigenvalue weighted by molar-refractivity contribution is 6.08. The summed E-state index contributed by atoms with van der Waals surface area (Å²) < 4.78 is 36.6. The van der Waals surface area contributed by atoms with Gasteiger partial charge in [0.05, 0.1) is 16.9 Å². The van der Waals surface area contributed by atoms with E-state index in [1.165, 1.54) is 31.4 Å². The number of likely N-dealkylation sites (N-methyl/N-ethyl adjacent to an activating group) is 1. The van der Waals surface area contributed by atoms with Gasteiger partial charge in [-0.3, -0.25) is 24.3 Å². The number of benzene rings is 3. The van der Waals surface area contributed by atoms with Crippen molar-refractivity contribution in [1.29, 1.82) is 0 Å². The SMILES string of the molecule is Cc1ccnc(-c2cc(N3CCCCC3)ccc2NC(=O)c2cccc(C(=O)N(C)CCN3CCNCC3)c2)c1.O=CNCc1cccc(C(F)(F)F)c1. The Morgan fingerprint density at radius 3 is 2.37 bits per heavy atom. The minimum absolute atomic E-state index is 0.0830. The van der Waals surface area contributed by atoms with E-state index in [0.717, 1.165) is 80.5 Å². The third kappa shape index (κ3) is 11.4. The van der Waals surface area contributed by atoms with Gasteiger partial charge in [0.2, 0.25) is 6.41 Å². The number of aromatic nitrogens is 1. The maximum absolute atomic E-state index is 13.4. The molecule has 3 heterocycles. The fourth-order valence-corrected chi connectivity index (χ4v) is 6.44.